The first-order valence-electron chi connectivity index (χ1n) is 6.37. The first kappa shape index (κ1) is 13.3. The molecular formula is C12H20N2O4. The largest absolute Gasteiger partial charge is 0.480 e. The molecule has 1 saturated heterocycles. The Morgan fingerprint density at radius 1 is 1.39 bits per heavy atom. The second kappa shape index (κ2) is 5.24. The maximum absolute atomic E-state index is 11.0. The van der Waals surface area contributed by atoms with Crippen LogP contribution in [0.25, 0.3) is 0 Å². The van der Waals surface area contributed by atoms with E-state index in [0.717, 1.165) is 25.9 Å². The van der Waals surface area contributed by atoms with Crippen LogP contribution in [0.3, 0.4) is 0 Å². The minimum absolute atomic E-state index is 0.246. The van der Waals surface area contributed by atoms with Gasteiger partial charge in [0.1, 0.15) is 6.04 Å². The highest BCUT2D eigenvalue weighted by molar-refractivity contribution is 5.82. The van der Waals surface area contributed by atoms with E-state index in [1.165, 1.54) is 6.92 Å². The van der Waals surface area contributed by atoms with Gasteiger partial charge < -0.3 is 20.4 Å². The molecule has 6 nitrogen and oxygen atoms in total. The number of nitrogens with one attached hydrogen (secondary N) is 1. The molecule has 0 bridgehead atoms. The van der Waals surface area contributed by atoms with Crippen LogP contribution in [0.15, 0.2) is 0 Å². The Balaban J connectivity index is 1.89. The van der Waals surface area contributed by atoms with Gasteiger partial charge in [-0.3, -0.25) is 4.79 Å². The molecule has 0 aromatic heterocycles. The highest BCUT2D eigenvalue weighted by Gasteiger charge is 2.42. The van der Waals surface area contributed by atoms with Gasteiger partial charge in [0.2, 0.25) is 5.91 Å². The number of nitrogens with zero attached hydrogens (tertiary/aromatic N) is 1. The molecule has 3 N–H and O–H groups in total. The number of carbonyl (C=O) groups is 2. The van der Waals surface area contributed by atoms with Gasteiger partial charge in [-0.1, -0.05) is 0 Å². The fourth-order valence-corrected chi connectivity index (χ4v) is 3.17. The van der Waals surface area contributed by atoms with Crippen LogP contribution in [-0.2, 0) is 9.59 Å². The smallest absolute Gasteiger partial charge is 0.327 e. The first-order valence-corrected chi connectivity index (χ1v) is 6.37. The Morgan fingerprint density at radius 3 is 2.67 bits per heavy atom. The first-order chi connectivity index (χ1) is 8.47. The van der Waals surface area contributed by atoms with Gasteiger partial charge in [0.05, 0.1) is 6.10 Å². The summed E-state index contributed by atoms with van der Waals surface area (Å²) in [6.07, 6.45) is 1.63. The van der Waals surface area contributed by atoms with Gasteiger partial charge in [-0.15, -0.1) is 0 Å². The number of aliphatic hydroxyl groups is 1. The summed E-state index contributed by atoms with van der Waals surface area (Å²) in [6.45, 7) is 3.19. The molecule has 6 heteroatoms. The van der Waals surface area contributed by atoms with E-state index < -0.39 is 12.0 Å². The van der Waals surface area contributed by atoms with Crippen molar-refractivity contribution in [2.75, 3.05) is 19.6 Å². The number of hydrogen-bond acceptors (Lipinski definition) is 4. The Kier molecular flexibility index (Phi) is 3.87. The summed E-state index contributed by atoms with van der Waals surface area (Å²) in [6, 6.07) is -0.863. The van der Waals surface area contributed by atoms with E-state index in [9.17, 15) is 14.7 Å². The maximum atomic E-state index is 11.0. The lowest BCUT2D eigenvalue weighted by molar-refractivity contribution is -0.142. The van der Waals surface area contributed by atoms with Crippen LogP contribution >= 0.6 is 0 Å². The van der Waals surface area contributed by atoms with E-state index >= 15 is 0 Å². The average molecular weight is 256 g/mol. The third-order valence-corrected chi connectivity index (χ3v) is 4.01. The Hall–Kier alpha value is -1.14. The molecule has 0 aromatic rings. The van der Waals surface area contributed by atoms with Crippen molar-refractivity contribution in [1.82, 2.24) is 10.2 Å². The number of hydrogen-bond donors (Lipinski definition) is 3. The normalized spacial score (nSPS) is 33.1. The topological polar surface area (TPSA) is 89.9 Å². The Bertz CT molecular complexity index is 347. The van der Waals surface area contributed by atoms with E-state index in [2.05, 4.69) is 5.32 Å². The minimum atomic E-state index is -1.01. The molecule has 0 spiro atoms. The van der Waals surface area contributed by atoms with Gasteiger partial charge in [-0.05, 0) is 18.8 Å². The van der Waals surface area contributed by atoms with Gasteiger partial charge in [0.15, 0.2) is 0 Å². The zero-order valence-electron chi connectivity index (χ0n) is 10.5. The van der Waals surface area contributed by atoms with Crippen LogP contribution in [0, 0.1) is 11.8 Å². The minimum Gasteiger partial charge on any atom is -0.480 e. The highest BCUT2D eigenvalue weighted by atomic mass is 16.4. The number of carboxylic acid groups (broad SMARTS) is 1. The van der Waals surface area contributed by atoms with Crippen LogP contribution in [0.4, 0.5) is 0 Å². The molecule has 0 aromatic carbocycles. The second-order valence-corrected chi connectivity index (χ2v) is 5.38. The molecule has 4 atom stereocenters. The summed E-state index contributed by atoms with van der Waals surface area (Å²) in [5, 5.41) is 21.3. The molecule has 4 unspecified atom stereocenters. The number of carboxylic acids is 1. The van der Waals surface area contributed by atoms with Gasteiger partial charge in [-0.25, -0.2) is 4.79 Å². The van der Waals surface area contributed by atoms with Crippen LogP contribution in [0.2, 0.25) is 0 Å². The predicted molar refractivity (Wildman–Crippen MR) is 63.9 cm³/mol. The third kappa shape index (κ3) is 2.81. The van der Waals surface area contributed by atoms with Crippen molar-refractivity contribution in [2.24, 2.45) is 11.8 Å². The average Bonchev–Trinajstić information content (AvgIpc) is 2.80. The number of likely N-dealkylation sites (tertiary alicyclic amines) is 1. The van der Waals surface area contributed by atoms with Crippen molar-refractivity contribution in [3.05, 3.63) is 0 Å². The van der Waals surface area contributed by atoms with Gasteiger partial charge in [0.25, 0.3) is 0 Å². The molecule has 102 valence electrons. The highest BCUT2D eigenvalue weighted by Crippen LogP contribution is 2.37. The van der Waals surface area contributed by atoms with E-state index in [-0.39, 0.29) is 17.9 Å². The molecule has 2 aliphatic rings. The van der Waals surface area contributed by atoms with Crippen molar-refractivity contribution >= 4 is 11.9 Å². The monoisotopic (exact) mass is 256 g/mol. The van der Waals surface area contributed by atoms with Gasteiger partial charge >= 0.3 is 5.97 Å². The zero-order valence-corrected chi connectivity index (χ0v) is 10.5. The van der Waals surface area contributed by atoms with Crippen LogP contribution in [0.1, 0.15) is 19.8 Å². The molecule has 1 heterocycles. The lowest BCUT2D eigenvalue weighted by Gasteiger charge is -2.22. The lowest BCUT2D eigenvalue weighted by atomic mass is 10.00. The third-order valence-electron chi connectivity index (χ3n) is 4.01. The Labute approximate surface area is 106 Å². The predicted octanol–water partition coefficient (Wildman–Crippen LogP) is -0.722. The summed E-state index contributed by atoms with van der Waals surface area (Å²) in [5.74, 6) is -0.590. The van der Waals surface area contributed by atoms with Gasteiger partial charge in [-0.2, -0.15) is 0 Å². The van der Waals surface area contributed by atoms with Crippen LogP contribution in [-0.4, -0.2) is 58.8 Å². The standard InChI is InChI=1S/C12H20N2O4/c1-7(15)13-10(12(17)18)6-14-4-8-2-3-11(16)9(8)5-14/h8-11,16H,2-6H2,1H3,(H,13,15)(H,17,18). The van der Waals surface area contributed by atoms with E-state index in [1.54, 1.807) is 0 Å². The number of carbonyl (C=O) groups excluding carboxylic acids is 1. The number of aliphatic carboxylic acids is 1. The molecular weight excluding hydrogens is 236 g/mol. The summed E-state index contributed by atoms with van der Waals surface area (Å²) in [4.78, 5) is 24.0. The summed E-state index contributed by atoms with van der Waals surface area (Å²) >= 11 is 0. The quantitative estimate of drug-likeness (QED) is 0.617. The Morgan fingerprint density at radius 2 is 2.11 bits per heavy atom. The molecule has 0 radical (unpaired) electrons. The maximum Gasteiger partial charge on any atom is 0.327 e. The van der Waals surface area contributed by atoms with E-state index in [1.807, 2.05) is 4.90 Å². The van der Waals surface area contributed by atoms with E-state index in [0.29, 0.717) is 12.5 Å². The van der Waals surface area contributed by atoms with Crippen molar-refractivity contribution in [3.63, 3.8) is 0 Å². The molecule has 1 aliphatic carbocycles. The molecule has 1 saturated carbocycles. The fourth-order valence-electron chi connectivity index (χ4n) is 3.17. The molecule has 1 aliphatic heterocycles. The number of fused-ring (bicyclic) bond motifs is 1. The number of aliphatic hydroxyl groups excluding tert-OH is 1. The number of amides is 1. The summed E-state index contributed by atoms with van der Waals surface area (Å²) in [7, 11) is 0. The van der Waals surface area contributed by atoms with Crippen molar-refractivity contribution < 1.29 is 19.8 Å². The second-order valence-electron chi connectivity index (χ2n) is 5.38. The molecule has 2 fully saturated rings. The van der Waals surface area contributed by atoms with Crippen molar-refractivity contribution in [2.45, 2.75) is 31.9 Å². The van der Waals surface area contributed by atoms with Crippen molar-refractivity contribution in [3.8, 4) is 0 Å². The molecule has 18 heavy (non-hydrogen) atoms. The van der Waals surface area contributed by atoms with Crippen LogP contribution in [0.5, 0.6) is 0 Å². The summed E-state index contributed by atoms with van der Waals surface area (Å²) in [5.41, 5.74) is 0. The fraction of sp³-hybridized carbons (Fsp3) is 0.833. The zero-order chi connectivity index (χ0) is 13.3. The SMILES string of the molecule is CC(=O)NC(CN1CC2CCC(O)C2C1)C(=O)O. The summed E-state index contributed by atoms with van der Waals surface area (Å²) < 4.78 is 0. The van der Waals surface area contributed by atoms with Crippen molar-refractivity contribution in [1.29, 1.82) is 0 Å². The lowest BCUT2D eigenvalue weighted by Crippen LogP contribution is -2.47. The molecule has 1 amide bonds. The van der Waals surface area contributed by atoms with Crippen LogP contribution < -0.4 is 5.32 Å². The molecule has 2 rings (SSSR count). The van der Waals surface area contributed by atoms with Gasteiger partial charge in [0, 0.05) is 32.5 Å². The number of rotatable bonds is 4. The van der Waals surface area contributed by atoms with E-state index in [4.69, 9.17) is 5.11 Å².